The van der Waals surface area contributed by atoms with Gasteiger partial charge in [-0.15, -0.1) is 0 Å². The number of nitrogens with one attached hydrogen (secondary N) is 1. The standard InChI is InChI=1S/C18H27NO3/c1-14(15-8-4-3-5-9-15)18(2,21)17(20)19-12-11-16-10-6-7-13-22-16/h3-5,8-9,14,16,21H,6-7,10-13H2,1-2H3,(H,19,20). The smallest absolute Gasteiger partial charge is 0.252 e. The molecule has 0 radical (unpaired) electrons. The van der Waals surface area contributed by atoms with Crippen molar-refractivity contribution in [3.8, 4) is 0 Å². The Morgan fingerprint density at radius 1 is 1.41 bits per heavy atom. The highest BCUT2D eigenvalue weighted by Crippen LogP contribution is 2.28. The van der Waals surface area contributed by atoms with Crippen LogP contribution in [0, 0.1) is 0 Å². The Labute approximate surface area is 132 Å². The lowest BCUT2D eigenvalue weighted by atomic mass is 9.84. The predicted octanol–water partition coefficient (Wildman–Crippen LogP) is 2.62. The molecule has 3 atom stereocenters. The molecule has 1 aromatic carbocycles. The molecule has 122 valence electrons. The van der Waals surface area contributed by atoms with Crippen molar-refractivity contribution in [2.45, 2.75) is 57.2 Å². The second-order valence-electron chi connectivity index (χ2n) is 6.31. The lowest BCUT2D eigenvalue weighted by molar-refractivity contribution is -0.140. The average molecular weight is 305 g/mol. The summed E-state index contributed by atoms with van der Waals surface area (Å²) in [6.07, 6.45) is 4.44. The van der Waals surface area contributed by atoms with E-state index in [2.05, 4.69) is 5.32 Å². The third kappa shape index (κ3) is 4.31. The molecule has 1 saturated heterocycles. The minimum atomic E-state index is -1.42. The first-order valence-electron chi connectivity index (χ1n) is 8.19. The Morgan fingerprint density at radius 2 is 2.14 bits per heavy atom. The second kappa shape index (κ2) is 7.75. The van der Waals surface area contributed by atoms with Gasteiger partial charge < -0.3 is 15.2 Å². The van der Waals surface area contributed by atoms with Gasteiger partial charge in [-0.3, -0.25) is 4.79 Å². The predicted molar refractivity (Wildman–Crippen MR) is 86.7 cm³/mol. The van der Waals surface area contributed by atoms with Crippen LogP contribution in [0.1, 0.15) is 51.0 Å². The highest BCUT2D eigenvalue weighted by Gasteiger charge is 2.37. The van der Waals surface area contributed by atoms with Crippen molar-refractivity contribution < 1.29 is 14.6 Å². The van der Waals surface area contributed by atoms with Gasteiger partial charge in [-0.2, -0.15) is 0 Å². The van der Waals surface area contributed by atoms with Crippen LogP contribution in [0.15, 0.2) is 30.3 Å². The summed E-state index contributed by atoms with van der Waals surface area (Å²) in [6, 6.07) is 9.63. The molecule has 3 unspecified atom stereocenters. The summed E-state index contributed by atoms with van der Waals surface area (Å²) in [5.74, 6) is -0.584. The van der Waals surface area contributed by atoms with Crippen LogP contribution < -0.4 is 5.32 Å². The molecule has 1 heterocycles. The van der Waals surface area contributed by atoms with Gasteiger partial charge in [0.25, 0.3) is 5.91 Å². The molecule has 0 aliphatic carbocycles. The van der Waals surface area contributed by atoms with Crippen LogP contribution in [-0.2, 0) is 9.53 Å². The fraction of sp³-hybridized carbons (Fsp3) is 0.611. The molecule has 0 bridgehead atoms. The fourth-order valence-electron chi connectivity index (χ4n) is 2.82. The molecule has 2 rings (SSSR count). The van der Waals surface area contributed by atoms with Crippen molar-refractivity contribution in [1.82, 2.24) is 5.32 Å². The lowest BCUT2D eigenvalue weighted by Crippen LogP contribution is -2.48. The summed E-state index contributed by atoms with van der Waals surface area (Å²) in [6.45, 7) is 4.82. The molecule has 0 aromatic heterocycles. The number of ether oxygens (including phenoxy) is 1. The molecule has 0 spiro atoms. The zero-order valence-corrected chi connectivity index (χ0v) is 13.5. The van der Waals surface area contributed by atoms with Crippen LogP contribution in [0.25, 0.3) is 0 Å². The zero-order valence-electron chi connectivity index (χ0n) is 13.5. The Bertz CT molecular complexity index is 466. The van der Waals surface area contributed by atoms with Crippen molar-refractivity contribution in [2.75, 3.05) is 13.2 Å². The van der Waals surface area contributed by atoms with Crippen LogP contribution in [0.2, 0.25) is 0 Å². The molecule has 22 heavy (non-hydrogen) atoms. The Morgan fingerprint density at radius 3 is 2.77 bits per heavy atom. The van der Waals surface area contributed by atoms with E-state index in [0.29, 0.717) is 6.54 Å². The summed E-state index contributed by atoms with van der Waals surface area (Å²) in [7, 11) is 0. The first-order chi connectivity index (χ1) is 10.5. The minimum absolute atomic E-state index is 0.241. The van der Waals surface area contributed by atoms with Crippen molar-refractivity contribution in [2.24, 2.45) is 0 Å². The normalized spacial score (nSPS) is 22.6. The van der Waals surface area contributed by atoms with E-state index in [1.165, 1.54) is 6.42 Å². The van der Waals surface area contributed by atoms with Gasteiger partial charge in [0.2, 0.25) is 0 Å². The lowest BCUT2D eigenvalue weighted by Gasteiger charge is -2.30. The van der Waals surface area contributed by atoms with Crippen LogP contribution in [0.5, 0.6) is 0 Å². The summed E-state index contributed by atoms with van der Waals surface area (Å²) in [5, 5.41) is 13.5. The first kappa shape index (κ1) is 17.0. The number of amides is 1. The largest absolute Gasteiger partial charge is 0.380 e. The third-order valence-electron chi connectivity index (χ3n) is 4.63. The van der Waals surface area contributed by atoms with Crippen LogP contribution in [0.4, 0.5) is 0 Å². The molecule has 1 aliphatic heterocycles. The highest BCUT2D eigenvalue weighted by atomic mass is 16.5. The number of benzene rings is 1. The summed E-state index contributed by atoms with van der Waals surface area (Å²) < 4.78 is 5.65. The van der Waals surface area contributed by atoms with Gasteiger partial charge in [-0.1, -0.05) is 37.3 Å². The molecule has 1 aliphatic rings. The van der Waals surface area contributed by atoms with E-state index in [0.717, 1.165) is 31.4 Å². The van der Waals surface area contributed by atoms with Gasteiger partial charge in [-0.05, 0) is 38.2 Å². The second-order valence-corrected chi connectivity index (χ2v) is 6.31. The zero-order chi connectivity index (χ0) is 16.0. The number of hydrogen-bond donors (Lipinski definition) is 2. The van der Waals surface area contributed by atoms with Gasteiger partial charge in [0.1, 0.15) is 5.60 Å². The first-order valence-corrected chi connectivity index (χ1v) is 8.19. The van der Waals surface area contributed by atoms with E-state index in [9.17, 15) is 9.90 Å². The van der Waals surface area contributed by atoms with Crippen LogP contribution >= 0.6 is 0 Å². The molecule has 4 heteroatoms. The molecule has 1 amide bonds. The number of aliphatic hydroxyl groups is 1. The molecule has 4 nitrogen and oxygen atoms in total. The highest BCUT2D eigenvalue weighted by molar-refractivity contribution is 5.85. The van der Waals surface area contributed by atoms with Gasteiger partial charge >= 0.3 is 0 Å². The van der Waals surface area contributed by atoms with E-state index in [1.807, 2.05) is 37.3 Å². The number of rotatable bonds is 6. The monoisotopic (exact) mass is 305 g/mol. The third-order valence-corrected chi connectivity index (χ3v) is 4.63. The maximum Gasteiger partial charge on any atom is 0.252 e. The van der Waals surface area contributed by atoms with E-state index in [-0.39, 0.29) is 17.9 Å². The fourth-order valence-corrected chi connectivity index (χ4v) is 2.82. The number of carbonyl (C=O) groups excluding carboxylic acids is 1. The Hall–Kier alpha value is -1.39. The molecule has 1 aromatic rings. The van der Waals surface area contributed by atoms with Gasteiger partial charge in [0, 0.05) is 19.1 Å². The Balaban J connectivity index is 1.84. The van der Waals surface area contributed by atoms with E-state index >= 15 is 0 Å². The maximum absolute atomic E-state index is 12.3. The maximum atomic E-state index is 12.3. The van der Waals surface area contributed by atoms with Crippen molar-refractivity contribution in [3.63, 3.8) is 0 Å². The molecule has 2 N–H and O–H groups in total. The van der Waals surface area contributed by atoms with E-state index < -0.39 is 5.60 Å². The van der Waals surface area contributed by atoms with Crippen molar-refractivity contribution in [3.05, 3.63) is 35.9 Å². The van der Waals surface area contributed by atoms with Crippen LogP contribution in [0.3, 0.4) is 0 Å². The minimum Gasteiger partial charge on any atom is -0.380 e. The molecule has 1 fully saturated rings. The quantitative estimate of drug-likeness (QED) is 0.849. The number of hydrogen-bond acceptors (Lipinski definition) is 3. The summed E-state index contributed by atoms with van der Waals surface area (Å²) >= 11 is 0. The average Bonchev–Trinajstić information content (AvgIpc) is 2.55. The van der Waals surface area contributed by atoms with Gasteiger partial charge in [0.05, 0.1) is 6.10 Å². The van der Waals surface area contributed by atoms with Gasteiger partial charge in [0.15, 0.2) is 0 Å². The molecule has 0 saturated carbocycles. The Kier molecular flexibility index (Phi) is 5.98. The molecular weight excluding hydrogens is 278 g/mol. The summed E-state index contributed by atoms with van der Waals surface area (Å²) in [4.78, 5) is 12.3. The molecular formula is C18H27NO3. The van der Waals surface area contributed by atoms with Crippen LogP contribution in [-0.4, -0.2) is 35.9 Å². The van der Waals surface area contributed by atoms with E-state index in [4.69, 9.17) is 4.74 Å². The topological polar surface area (TPSA) is 58.6 Å². The van der Waals surface area contributed by atoms with Crippen molar-refractivity contribution in [1.29, 1.82) is 0 Å². The van der Waals surface area contributed by atoms with E-state index in [1.54, 1.807) is 6.92 Å². The van der Waals surface area contributed by atoms with Crippen molar-refractivity contribution >= 4 is 5.91 Å². The SMILES string of the molecule is CC(c1ccccc1)C(C)(O)C(=O)NCCC1CCCCO1. The van der Waals surface area contributed by atoms with Gasteiger partial charge in [-0.25, -0.2) is 0 Å². The number of carbonyl (C=O) groups is 1. The summed E-state index contributed by atoms with van der Waals surface area (Å²) in [5.41, 5.74) is -0.465.